The van der Waals surface area contributed by atoms with Crippen LogP contribution in [-0.4, -0.2) is 34.2 Å². The van der Waals surface area contributed by atoms with E-state index >= 15 is 0 Å². The fourth-order valence-electron chi connectivity index (χ4n) is 2.21. The van der Waals surface area contributed by atoms with Crippen LogP contribution in [0.5, 0.6) is 0 Å². The summed E-state index contributed by atoms with van der Waals surface area (Å²) in [5.74, 6) is 2.02. The van der Waals surface area contributed by atoms with Crippen molar-refractivity contribution in [1.82, 2.24) is 15.0 Å². The van der Waals surface area contributed by atoms with Gasteiger partial charge in [-0.2, -0.15) is 4.98 Å². The van der Waals surface area contributed by atoms with Gasteiger partial charge in [0.25, 0.3) is 0 Å². The van der Waals surface area contributed by atoms with E-state index in [4.69, 9.17) is 10.3 Å². The van der Waals surface area contributed by atoms with E-state index in [0.717, 1.165) is 31.9 Å². The summed E-state index contributed by atoms with van der Waals surface area (Å²) in [4.78, 5) is 6.81. The van der Waals surface area contributed by atoms with Crippen molar-refractivity contribution in [3.05, 3.63) is 11.7 Å². The van der Waals surface area contributed by atoms with Gasteiger partial charge in [0.2, 0.25) is 5.89 Å². The lowest BCUT2D eigenvalue weighted by Crippen LogP contribution is -2.45. The van der Waals surface area contributed by atoms with E-state index in [2.05, 4.69) is 42.7 Å². The Morgan fingerprint density at radius 2 is 2.17 bits per heavy atom. The summed E-state index contributed by atoms with van der Waals surface area (Å²) in [6, 6.07) is 0.328. The van der Waals surface area contributed by atoms with E-state index in [1.807, 2.05) is 0 Å². The highest BCUT2D eigenvalue weighted by Crippen LogP contribution is 2.20. The second kappa shape index (κ2) is 4.97. The van der Waals surface area contributed by atoms with E-state index in [1.165, 1.54) is 0 Å². The zero-order valence-electron chi connectivity index (χ0n) is 11.8. The van der Waals surface area contributed by atoms with Crippen LogP contribution in [0.1, 0.15) is 45.8 Å². The van der Waals surface area contributed by atoms with Crippen molar-refractivity contribution in [2.45, 2.75) is 52.1 Å². The molecular weight excluding hydrogens is 228 g/mol. The Bertz CT molecular complexity index is 396. The molecule has 1 aromatic heterocycles. The smallest absolute Gasteiger partial charge is 0.240 e. The molecule has 0 spiro atoms. The van der Waals surface area contributed by atoms with Crippen LogP contribution in [0.15, 0.2) is 4.52 Å². The first-order valence-corrected chi connectivity index (χ1v) is 6.67. The predicted octanol–water partition coefficient (Wildman–Crippen LogP) is 1.54. The molecule has 1 aromatic rings. The lowest BCUT2D eigenvalue weighted by Gasteiger charge is -2.34. The zero-order chi connectivity index (χ0) is 13.3. The summed E-state index contributed by atoms with van der Waals surface area (Å²) in [6.07, 6.45) is 1.04. The highest BCUT2D eigenvalue weighted by Gasteiger charge is 2.26. The largest absolute Gasteiger partial charge is 0.338 e. The lowest BCUT2D eigenvalue weighted by atomic mass is 9.95. The number of hydrogen-bond donors (Lipinski definition) is 1. The summed E-state index contributed by atoms with van der Waals surface area (Å²) < 4.78 is 5.32. The normalized spacial score (nSPS) is 26.5. The van der Waals surface area contributed by atoms with Crippen LogP contribution in [0.25, 0.3) is 0 Å². The van der Waals surface area contributed by atoms with E-state index in [1.54, 1.807) is 0 Å². The third kappa shape index (κ3) is 3.09. The first-order valence-electron chi connectivity index (χ1n) is 6.67. The molecule has 0 aliphatic carbocycles. The second-order valence-corrected chi connectivity index (χ2v) is 6.43. The topological polar surface area (TPSA) is 68.2 Å². The molecular formula is C13H24N4O. The van der Waals surface area contributed by atoms with Crippen molar-refractivity contribution in [3.63, 3.8) is 0 Å². The average molecular weight is 252 g/mol. The van der Waals surface area contributed by atoms with Crippen LogP contribution in [0.2, 0.25) is 0 Å². The van der Waals surface area contributed by atoms with Crippen molar-refractivity contribution in [3.8, 4) is 0 Å². The maximum absolute atomic E-state index is 6.02. The van der Waals surface area contributed by atoms with Gasteiger partial charge in [0, 0.05) is 24.5 Å². The SMILES string of the molecule is CC1CN(Cc2nc(C(C)(C)C)no2)CCC1N. The van der Waals surface area contributed by atoms with Crippen molar-refractivity contribution in [2.24, 2.45) is 11.7 Å². The van der Waals surface area contributed by atoms with Crippen molar-refractivity contribution in [1.29, 1.82) is 0 Å². The van der Waals surface area contributed by atoms with Crippen LogP contribution in [0.3, 0.4) is 0 Å². The summed E-state index contributed by atoms with van der Waals surface area (Å²) in [5, 5.41) is 4.05. The number of hydrogen-bond acceptors (Lipinski definition) is 5. The molecule has 5 nitrogen and oxygen atoms in total. The number of aromatic nitrogens is 2. The predicted molar refractivity (Wildman–Crippen MR) is 70.0 cm³/mol. The van der Waals surface area contributed by atoms with Crippen LogP contribution in [0.4, 0.5) is 0 Å². The van der Waals surface area contributed by atoms with Gasteiger partial charge in [0.15, 0.2) is 5.82 Å². The summed E-state index contributed by atoms with van der Waals surface area (Å²) in [5.41, 5.74) is 5.96. The molecule has 1 saturated heterocycles. The minimum Gasteiger partial charge on any atom is -0.338 e. The monoisotopic (exact) mass is 252 g/mol. The Hall–Kier alpha value is -0.940. The van der Waals surface area contributed by atoms with Crippen LogP contribution in [0, 0.1) is 5.92 Å². The fraction of sp³-hybridized carbons (Fsp3) is 0.846. The van der Waals surface area contributed by atoms with Crippen LogP contribution in [-0.2, 0) is 12.0 Å². The summed E-state index contributed by atoms with van der Waals surface area (Å²) >= 11 is 0. The average Bonchev–Trinajstić information content (AvgIpc) is 2.72. The van der Waals surface area contributed by atoms with E-state index in [-0.39, 0.29) is 5.41 Å². The highest BCUT2D eigenvalue weighted by molar-refractivity contribution is 5.00. The van der Waals surface area contributed by atoms with Crippen molar-refractivity contribution >= 4 is 0 Å². The molecule has 0 aromatic carbocycles. The third-order valence-corrected chi connectivity index (χ3v) is 3.55. The molecule has 2 heterocycles. The van der Waals surface area contributed by atoms with E-state index in [0.29, 0.717) is 17.9 Å². The van der Waals surface area contributed by atoms with E-state index in [9.17, 15) is 0 Å². The Balaban J connectivity index is 1.96. The molecule has 5 heteroatoms. The quantitative estimate of drug-likeness (QED) is 0.864. The molecule has 2 atom stereocenters. The molecule has 18 heavy (non-hydrogen) atoms. The van der Waals surface area contributed by atoms with Gasteiger partial charge in [-0.25, -0.2) is 0 Å². The molecule has 2 N–H and O–H groups in total. The zero-order valence-corrected chi connectivity index (χ0v) is 11.8. The summed E-state index contributed by atoms with van der Waals surface area (Å²) in [7, 11) is 0. The number of nitrogens with zero attached hydrogens (tertiary/aromatic N) is 3. The molecule has 102 valence electrons. The van der Waals surface area contributed by atoms with E-state index < -0.39 is 0 Å². The van der Waals surface area contributed by atoms with Gasteiger partial charge in [-0.15, -0.1) is 0 Å². The van der Waals surface area contributed by atoms with Gasteiger partial charge in [0.1, 0.15) is 0 Å². The molecule has 1 aliphatic rings. The van der Waals surface area contributed by atoms with Gasteiger partial charge in [-0.05, 0) is 12.3 Å². The molecule has 0 radical (unpaired) electrons. The van der Waals surface area contributed by atoms with Crippen LogP contribution >= 0.6 is 0 Å². The Kier molecular flexibility index (Phi) is 3.73. The number of likely N-dealkylation sites (tertiary alicyclic amines) is 1. The molecule has 2 unspecified atom stereocenters. The third-order valence-electron chi connectivity index (χ3n) is 3.55. The van der Waals surface area contributed by atoms with Gasteiger partial charge in [-0.3, -0.25) is 4.90 Å². The molecule has 1 aliphatic heterocycles. The Labute approximate surface area is 109 Å². The fourth-order valence-corrected chi connectivity index (χ4v) is 2.21. The molecule has 2 rings (SSSR count). The molecule has 0 bridgehead atoms. The second-order valence-electron chi connectivity index (χ2n) is 6.43. The summed E-state index contributed by atoms with van der Waals surface area (Å²) in [6.45, 7) is 11.2. The Morgan fingerprint density at radius 3 is 2.72 bits per heavy atom. The number of rotatable bonds is 2. The number of nitrogens with two attached hydrogens (primary N) is 1. The minimum atomic E-state index is -0.0563. The van der Waals surface area contributed by atoms with Gasteiger partial charge < -0.3 is 10.3 Å². The molecule has 1 fully saturated rings. The van der Waals surface area contributed by atoms with Gasteiger partial charge >= 0.3 is 0 Å². The van der Waals surface area contributed by atoms with Crippen LogP contribution < -0.4 is 5.73 Å². The lowest BCUT2D eigenvalue weighted by molar-refractivity contribution is 0.142. The number of piperidine rings is 1. The van der Waals surface area contributed by atoms with Crippen molar-refractivity contribution in [2.75, 3.05) is 13.1 Å². The van der Waals surface area contributed by atoms with Gasteiger partial charge in [0.05, 0.1) is 6.54 Å². The standard InChI is InChI=1S/C13H24N4O/c1-9-7-17(6-5-10(9)14)8-11-15-12(16-18-11)13(2,3)4/h9-10H,5-8,14H2,1-4H3. The maximum atomic E-state index is 6.02. The minimum absolute atomic E-state index is 0.0563. The highest BCUT2D eigenvalue weighted by atomic mass is 16.5. The molecule has 0 amide bonds. The first kappa shape index (κ1) is 13.5. The van der Waals surface area contributed by atoms with Crippen molar-refractivity contribution < 1.29 is 4.52 Å². The van der Waals surface area contributed by atoms with Gasteiger partial charge in [-0.1, -0.05) is 32.9 Å². The maximum Gasteiger partial charge on any atom is 0.240 e. The Morgan fingerprint density at radius 1 is 1.44 bits per heavy atom. The molecule has 0 saturated carbocycles. The first-order chi connectivity index (χ1) is 8.36.